The molecule has 1 aromatic carbocycles. The highest BCUT2D eigenvalue weighted by molar-refractivity contribution is 7.99. The second kappa shape index (κ2) is 8.84. The lowest BCUT2D eigenvalue weighted by atomic mass is 9.95. The molecule has 1 aliphatic rings. The molecule has 1 fully saturated rings. The van der Waals surface area contributed by atoms with Crippen LogP contribution in [0.5, 0.6) is 0 Å². The Morgan fingerprint density at radius 2 is 1.94 bits per heavy atom. The van der Waals surface area contributed by atoms with Crippen LogP contribution in [0.3, 0.4) is 0 Å². The first kappa shape index (κ1) is 20.3. The maximum atomic E-state index is 13.1. The molecule has 0 radical (unpaired) electrons. The smallest absolute Gasteiger partial charge is 0.273 e. The van der Waals surface area contributed by atoms with E-state index in [1.807, 2.05) is 46.2 Å². The Balaban J connectivity index is 1.44. The quantitative estimate of drug-likeness (QED) is 0.450. The molecule has 9 heteroatoms. The summed E-state index contributed by atoms with van der Waals surface area (Å²) >= 11 is 2.77. The minimum Gasteiger partial charge on any atom is -0.353 e. The number of nitrogens with one attached hydrogen (secondary N) is 1. The van der Waals surface area contributed by atoms with E-state index in [0.717, 1.165) is 23.9 Å². The zero-order valence-electron chi connectivity index (χ0n) is 17.0. The minimum atomic E-state index is -0.0691. The molecule has 1 N–H and O–H groups in total. The van der Waals surface area contributed by atoms with Crippen molar-refractivity contribution in [3.63, 3.8) is 0 Å². The molecule has 0 spiro atoms. The molecule has 0 unspecified atom stereocenters. The lowest BCUT2D eigenvalue weighted by Gasteiger charge is -2.22. The fourth-order valence-electron chi connectivity index (χ4n) is 4.15. The van der Waals surface area contributed by atoms with Gasteiger partial charge in [0.25, 0.3) is 5.56 Å². The number of thioether (sulfide) groups is 1. The molecule has 0 atom stereocenters. The van der Waals surface area contributed by atoms with Gasteiger partial charge in [-0.1, -0.05) is 61.4 Å². The van der Waals surface area contributed by atoms with Crippen LogP contribution in [0.25, 0.3) is 16.0 Å². The zero-order valence-corrected chi connectivity index (χ0v) is 18.6. The van der Waals surface area contributed by atoms with E-state index in [-0.39, 0.29) is 23.3 Å². The van der Waals surface area contributed by atoms with Gasteiger partial charge in [0.05, 0.1) is 17.8 Å². The third-order valence-electron chi connectivity index (χ3n) is 5.67. The number of aromatic nitrogens is 4. The van der Waals surface area contributed by atoms with Gasteiger partial charge < -0.3 is 5.32 Å². The summed E-state index contributed by atoms with van der Waals surface area (Å²) in [5.41, 5.74) is 1.74. The molecule has 0 saturated heterocycles. The molecule has 1 saturated carbocycles. The normalized spacial score (nSPS) is 15.0. The van der Waals surface area contributed by atoms with Crippen molar-refractivity contribution in [1.29, 1.82) is 0 Å². The lowest BCUT2D eigenvalue weighted by molar-refractivity contribution is -0.119. The molecule has 0 bridgehead atoms. The zero-order chi connectivity index (χ0) is 21.2. The fraction of sp³-hybridized carbons (Fsp3) is 0.364. The summed E-state index contributed by atoms with van der Waals surface area (Å²) in [6.07, 6.45) is 5.75. The van der Waals surface area contributed by atoms with Crippen molar-refractivity contribution in [2.45, 2.75) is 49.8 Å². The van der Waals surface area contributed by atoms with Gasteiger partial charge in [-0.05, 0) is 29.9 Å². The van der Waals surface area contributed by atoms with Gasteiger partial charge in [-0.25, -0.2) is 0 Å². The van der Waals surface area contributed by atoms with Crippen LogP contribution >= 0.6 is 23.1 Å². The highest BCUT2D eigenvalue weighted by atomic mass is 32.2. The highest BCUT2D eigenvalue weighted by Gasteiger charge is 2.20. The van der Waals surface area contributed by atoms with Crippen molar-refractivity contribution in [1.82, 2.24) is 24.5 Å². The predicted molar refractivity (Wildman–Crippen MR) is 124 cm³/mol. The minimum absolute atomic E-state index is 0.0211. The van der Waals surface area contributed by atoms with Gasteiger partial charge in [-0.15, -0.1) is 21.5 Å². The Labute approximate surface area is 187 Å². The molecule has 1 amide bonds. The van der Waals surface area contributed by atoms with Gasteiger partial charge in [0, 0.05) is 6.04 Å². The molecule has 0 aliphatic heterocycles. The first-order chi connectivity index (χ1) is 15.2. The van der Waals surface area contributed by atoms with Crippen molar-refractivity contribution in [2.24, 2.45) is 0 Å². The van der Waals surface area contributed by atoms with Crippen molar-refractivity contribution in [3.8, 4) is 0 Å². The molecule has 7 nitrogen and oxygen atoms in total. The van der Waals surface area contributed by atoms with Gasteiger partial charge in [-0.3, -0.25) is 18.6 Å². The van der Waals surface area contributed by atoms with E-state index in [1.54, 1.807) is 4.57 Å². The lowest BCUT2D eigenvalue weighted by Crippen LogP contribution is -2.37. The molecule has 5 rings (SSSR count). The topological polar surface area (TPSA) is 81.3 Å². The maximum Gasteiger partial charge on any atom is 0.273 e. The van der Waals surface area contributed by atoms with Crippen molar-refractivity contribution < 1.29 is 4.79 Å². The van der Waals surface area contributed by atoms with Crippen LogP contribution in [0, 0.1) is 0 Å². The Hall–Kier alpha value is -2.65. The van der Waals surface area contributed by atoms with Gasteiger partial charge >= 0.3 is 0 Å². The van der Waals surface area contributed by atoms with Gasteiger partial charge in [0.15, 0.2) is 5.16 Å². The highest BCUT2D eigenvalue weighted by Crippen LogP contribution is 2.25. The van der Waals surface area contributed by atoms with E-state index in [1.165, 1.54) is 42.4 Å². The Kier molecular flexibility index (Phi) is 5.78. The van der Waals surface area contributed by atoms with E-state index in [4.69, 9.17) is 0 Å². The first-order valence-corrected chi connectivity index (χ1v) is 12.4. The largest absolute Gasteiger partial charge is 0.353 e. The standard InChI is InChI=1S/C22H23N5O2S2/c28-18(23-16-9-5-2-6-10-16)14-31-22-25-24-21-26(13-15-7-3-1-4-8-15)20(29)19-17(27(21)22)11-12-30-19/h1,3-4,7-8,11-12,16H,2,5-6,9-10,13-14H2,(H,23,28). The fourth-order valence-corrected chi connectivity index (χ4v) is 5.72. The monoisotopic (exact) mass is 453 g/mol. The Morgan fingerprint density at radius 1 is 1.13 bits per heavy atom. The SMILES string of the molecule is O=C(CSc1nnc2n(Cc3ccccc3)c(=O)c3sccc3n12)NC1CCCCC1. The molecule has 160 valence electrons. The molecule has 31 heavy (non-hydrogen) atoms. The summed E-state index contributed by atoms with van der Waals surface area (Å²) in [6.45, 7) is 0.419. The van der Waals surface area contributed by atoms with Crippen LogP contribution in [0.15, 0.2) is 51.7 Å². The summed E-state index contributed by atoms with van der Waals surface area (Å²) in [7, 11) is 0. The third-order valence-corrected chi connectivity index (χ3v) is 7.49. The molecular formula is C22H23N5O2S2. The van der Waals surface area contributed by atoms with Crippen LogP contribution in [0.2, 0.25) is 0 Å². The number of carbonyl (C=O) groups is 1. The van der Waals surface area contributed by atoms with E-state index < -0.39 is 0 Å². The van der Waals surface area contributed by atoms with E-state index in [9.17, 15) is 9.59 Å². The third kappa shape index (κ3) is 4.12. The van der Waals surface area contributed by atoms with Crippen LogP contribution < -0.4 is 10.9 Å². The summed E-state index contributed by atoms with van der Waals surface area (Å²) in [5.74, 6) is 0.795. The number of amides is 1. The summed E-state index contributed by atoms with van der Waals surface area (Å²) < 4.78 is 4.22. The number of thiophene rings is 1. The number of nitrogens with zero attached hydrogens (tertiary/aromatic N) is 4. The van der Waals surface area contributed by atoms with Gasteiger partial charge in [-0.2, -0.15) is 0 Å². The number of hydrogen-bond donors (Lipinski definition) is 1. The average Bonchev–Trinajstić information content (AvgIpc) is 3.44. The van der Waals surface area contributed by atoms with E-state index >= 15 is 0 Å². The van der Waals surface area contributed by atoms with Crippen molar-refractivity contribution >= 4 is 45.0 Å². The molecule has 3 aromatic heterocycles. The van der Waals surface area contributed by atoms with E-state index in [0.29, 0.717) is 22.2 Å². The predicted octanol–water partition coefficient (Wildman–Crippen LogP) is 3.70. The maximum absolute atomic E-state index is 13.1. The molecule has 1 aliphatic carbocycles. The number of benzene rings is 1. The second-order valence-electron chi connectivity index (χ2n) is 7.82. The number of rotatable bonds is 6. The number of hydrogen-bond acceptors (Lipinski definition) is 6. The van der Waals surface area contributed by atoms with Gasteiger partial charge in [0.1, 0.15) is 4.70 Å². The van der Waals surface area contributed by atoms with Crippen LogP contribution in [0.4, 0.5) is 0 Å². The molecule has 4 aromatic rings. The summed E-state index contributed by atoms with van der Waals surface area (Å²) in [5, 5.41) is 14.3. The Bertz CT molecular complexity index is 1270. The van der Waals surface area contributed by atoms with E-state index in [2.05, 4.69) is 15.5 Å². The van der Waals surface area contributed by atoms with Crippen molar-refractivity contribution in [3.05, 3.63) is 57.7 Å². The van der Waals surface area contributed by atoms with Crippen LogP contribution in [-0.4, -0.2) is 36.9 Å². The molecule has 3 heterocycles. The number of carbonyl (C=O) groups excluding carboxylic acids is 1. The Morgan fingerprint density at radius 3 is 2.74 bits per heavy atom. The van der Waals surface area contributed by atoms with Crippen LogP contribution in [0.1, 0.15) is 37.7 Å². The number of fused-ring (bicyclic) bond motifs is 3. The van der Waals surface area contributed by atoms with Crippen LogP contribution in [-0.2, 0) is 11.3 Å². The average molecular weight is 454 g/mol. The second-order valence-corrected chi connectivity index (χ2v) is 9.68. The first-order valence-electron chi connectivity index (χ1n) is 10.5. The molecular weight excluding hydrogens is 430 g/mol. The summed E-state index contributed by atoms with van der Waals surface area (Å²) in [6, 6.07) is 12.0. The van der Waals surface area contributed by atoms with Gasteiger partial charge in [0.2, 0.25) is 11.7 Å². The van der Waals surface area contributed by atoms with Crippen molar-refractivity contribution in [2.75, 3.05) is 5.75 Å². The summed E-state index contributed by atoms with van der Waals surface area (Å²) in [4.78, 5) is 25.6.